The Morgan fingerprint density at radius 2 is 1.77 bits per heavy atom. The fourth-order valence-corrected chi connectivity index (χ4v) is 7.73. The van der Waals surface area contributed by atoms with Crippen molar-refractivity contribution in [3.05, 3.63) is 173 Å². The number of rotatable bonds is 4. The van der Waals surface area contributed by atoms with Crippen LogP contribution in [0, 0.1) is 5.92 Å². The number of aromatic amines is 1. The van der Waals surface area contributed by atoms with Gasteiger partial charge in [-0.1, -0.05) is 97.2 Å². The zero-order chi connectivity index (χ0) is 31.6. The van der Waals surface area contributed by atoms with E-state index in [1.807, 2.05) is 12.4 Å². The van der Waals surface area contributed by atoms with Gasteiger partial charge in [0.2, 0.25) is 0 Å². The summed E-state index contributed by atoms with van der Waals surface area (Å²) < 4.78 is 0. The molecule has 2 aromatic carbocycles. The van der Waals surface area contributed by atoms with E-state index in [9.17, 15) is 0 Å². The maximum Gasteiger partial charge on any atom is 0.0943 e. The quantitative estimate of drug-likeness (QED) is 0.214. The van der Waals surface area contributed by atoms with Gasteiger partial charge in [-0.2, -0.15) is 0 Å². The maximum atomic E-state index is 4.97. The molecule has 5 nitrogen and oxygen atoms in total. The van der Waals surface area contributed by atoms with Gasteiger partial charge in [0, 0.05) is 40.5 Å². The molecule has 0 amide bonds. The van der Waals surface area contributed by atoms with Gasteiger partial charge < -0.3 is 15.6 Å². The smallest absolute Gasteiger partial charge is 0.0943 e. The molecule has 2 aromatic heterocycles. The number of hydrogen-bond acceptors (Lipinski definition) is 4. The normalized spacial score (nSPS) is 24.8. The molecule has 4 aromatic rings. The summed E-state index contributed by atoms with van der Waals surface area (Å²) in [5.41, 5.74) is 14.3. The lowest BCUT2D eigenvalue weighted by Gasteiger charge is -2.30. The number of aliphatic imine (C=N–C) groups is 1. The number of benzene rings is 2. The number of nitrogens with one attached hydrogen (secondary N) is 3. The van der Waals surface area contributed by atoms with Crippen LogP contribution in [0.5, 0.6) is 0 Å². The monoisotopic (exact) mass is 619 g/mol. The van der Waals surface area contributed by atoms with Gasteiger partial charge in [0.05, 0.1) is 34.9 Å². The summed E-state index contributed by atoms with van der Waals surface area (Å²) in [7, 11) is 0. The Labute approximate surface area is 279 Å². The van der Waals surface area contributed by atoms with Crippen LogP contribution in [0.4, 0.5) is 5.69 Å². The highest BCUT2D eigenvalue weighted by molar-refractivity contribution is 6.09. The Balaban J connectivity index is 0.865. The zero-order valence-corrected chi connectivity index (χ0v) is 26.3. The van der Waals surface area contributed by atoms with Crippen molar-refractivity contribution in [2.75, 3.05) is 5.32 Å². The summed E-state index contributed by atoms with van der Waals surface area (Å²) in [5, 5.41) is 9.96. The molecule has 6 aliphatic rings. The van der Waals surface area contributed by atoms with Gasteiger partial charge in [0.1, 0.15) is 0 Å². The van der Waals surface area contributed by atoms with E-state index in [0.29, 0.717) is 5.92 Å². The van der Waals surface area contributed by atoms with Gasteiger partial charge in [-0.25, -0.2) is 0 Å². The maximum absolute atomic E-state index is 4.97. The Hall–Kier alpha value is -5.94. The topological polar surface area (TPSA) is 65.1 Å². The van der Waals surface area contributed by atoms with Crippen molar-refractivity contribution in [2.45, 2.75) is 24.5 Å². The number of pyridine rings is 1. The number of nitrogens with zero attached hydrogens (tertiary/aromatic N) is 2. The first-order chi connectivity index (χ1) is 23.7. The van der Waals surface area contributed by atoms with Crippen LogP contribution in [0.2, 0.25) is 0 Å². The van der Waals surface area contributed by atoms with Gasteiger partial charge in [-0.15, -0.1) is 0 Å². The summed E-state index contributed by atoms with van der Waals surface area (Å²) in [4.78, 5) is 13.0. The molecule has 0 saturated carbocycles. The number of allylic oxidation sites excluding steroid dienone is 10. The highest BCUT2D eigenvalue weighted by atomic mass is 15.0. The molecule has 3 aliphatic carbocycles. The van der Waals surface area contributed by atoms with Crippen LogP contribution in [0.25, 0.3) is 39.2 Å². The van der Waals surface area contributed by atoms with Gasteiger partial charge in [-0.05, 0) is 81.8 Å². The molecular weight excluding hydrogens is 587 g/mol. The van der Waals surface area contributed by atoms with E-state index in [1.165, 1.54) is 49.8 Å². The standard InChI is InChI=1S/C43H33N5/c1-2-6-36-31(4-1)25-41(47-36)38-18-16-29-12-14-32(24-40(29)48-38)37-17-15-28-11-13-30(23-39(28)46-37)26-7-9-27(10-8-26)35-22-33-19-21-45-42(33)43-34(35)5-3-20-44-43/h1-7,9-26,36,38-39,44,46,48H,8H2. The number of aromatic nitrogens is 2. The molecule has 230 valence electrons. The van der Waals surface area contributed by atoms with Crippen LogP contribution >= 0.6 is 0 Å². The predicted molar refractivity (Wildman–Crippen MR) is 200 cm³/mol. The van der Waals surface area contributed by atoms with Crippen molar-refractivity contribution in [1.82, 2.24) is 15.3 Å². The highest BCUT2D eigenvalue weighted by Crippen LogP contribution is 2.37. The lowest BCUT2D eigenvalue weighted by molar-refractivity contribution is 0.744. The fraction of sp³-hybridized carbons (Fsp3) is 0.116. The molecule has 3 N–H and O–H groups in total. The molecule has 4 unspecified atom stereocenters. The van der Waals surface area contributed by atoms with Crippen LogP contribution in [0.15, 0.2) is 162 Å². The molecular formula is C43H33N5. The van der Waals surface area contributed by atoms with Crippen molar-refractivity contribution in [2.24, 2.45) is 10.9 Å². The third kappa shape index (κ3) is 4.54. The zero-order valence-electron chi connectivity index (χ0n) is 26.3. The molecule has 0 bridgehead atoms. The number of dihydropyridines is 1. The van der Waals surface area contributed by atoms with Crippen LogP contribution in [0.1, 0.15) is 23.1 Å². The van der Waals surface area contributed by atoms with Crippen LogP contribution in [-0.4, -0.2) is 33.8 Å². The van der Waals surface area contributed by atoms with E-state index in [4.69, 9.17) is 4.99 Å². The van der Waals surface area contributed by atoms with Crippen molar-refractivity contribution in [3.8, 4) is 0 Å². The van der Waals surface area contributed by atoms with E-state index >= 15 is 0 Å². The second kappa shape index (κ2) is 10.8. The molecule has 5 heteroatoms. The molecule has 0 fully saturated rings. The lowest BCUT2D eigenvalue weighted by atomic mass is 9.82. The number of anilines is 1. The van der Waals surface area contributed by atoms with Crippen LogP contribution in [0.3, 0.4) is 0 Å². The lowest BCUT2D eigenvalue weighted by Crippen LogP contribution is -2.32. The molecule has 0 saturated heterocycles. The second-order valence-electron chi connectivity index (χ2n) is 13.2. The number of H-pyrrole nitrogens is 1. The summed E-state index contributed by atoms with van der Waals surface area (Å²) >= 11 is 0. The third-order valence-electron chi connectivity index (χ3n) is 10.3. The minimum absolute atomic E-state index is 0.0617. The summed E-state index contributed by atoms with van der Waals surface area (Å²) in [5.74, 6) is 0.338. The van der Waals surface area contributed by atoms with Crippen LogP contribution in [-0.2, 0) is 0 Å². The Bertz CT molecular complexity index is 2400. The Kier molecular flexibility index (Phi) is 6.13. The second-order valence-corrected chi connectivity index (χ2v) is 13.2. The number of fused-ring (bicyclic) bond motifs is 6. The number of hydrogen-bond donors (Lipinski definition) is 3. The van der Waals surface area contributed by atoms with Crippen LogP contribution < -0.4 is 10.6 Å². The first-order valence-corrected chi connectivity index (χ1v) is 16.8. The fourth-order valence-electron chi connectivity index (χ4n) is 7.73. The molecule has 5 heterocycles. The van der Waals surface area contributed by atoms with E-state index in [2.05, 4.69) is 154 Å². The molecule has 48 heavy (non-hydrogen) atoms. The van der Waals surface area contributed by atoms with Crippen molar-refractivity contribution in [3.63, 3.8) is 0 Å². The van der Waals surface area contributed by atoms with Crippen molar-refractivity contribution >= 4 is 50.6 Å². The Morgan fingerprint density at radius 3 is 2.71 bits per heavy atom. The minimum Gasteiger partial charge on any atom is -0.374 e. The van der Waals surface area contributed by atoms with Gasteiger partial charge in [0.25, 0.3) is 0 Å². The SMILES string of the molecule is C1=CC2=CC(C3C=Cc4ccc(C5=CC=C6C=CC(C7C=CC(c8cc9ccnc9c9[nH]cccc89)=CC7)=CC6N5)cc4N3)=NC2C=C1. The van der Waals surface area contributed by atoms with Gasteiger partial charge in [0.15, 0.2) is 0 Å². The average Bonchev–Trinajstić information content (AvgIpc) is 3.82. The first kappa shape index (κ1) is 27.2. The van der Waals surface area contributed by atoms with E-state index < -0.39 is 0 Å². The largest absolute Gasteiger partial charge is 0.374 e. The van der Waals surface area contributed by atoms with Gasteiger partial charge >= 0.3 is 0 Å². The van der Waals surface area contributed by atoms with E-state index in [0.717, 1.165) is 34.6 Å². The van der Waals surface area contributed by atoms with Gasteiger partial charge in [-0.3, -0.25) is 9.98 Å². The summed E-state index contributed by atoms with van der Waals surface area (Å²) in [6, 6.07) is 15.7. The van der Waals surface area contributed by atoms with Crippen molar-refractivity contribution < 1.29 is 0 Å². The Morgan fingerprint density at radius 1 is 0.792 bits per heavy atom. The molecule has 0 spiro atoms. The minimum atomic E-state index is 0.0617. The summed E-state index contributed by atoms with van der Waals surface area (Å²) in [6.07, 6.45) is 38.5. The van der Waals surface area contributed by atoms with E-state index in [1.54, 1.807) is 0 Å². The highest BCUT2D eigenvalue weighted by Gasteiger charge is 2.26. The predicted octanol–water partition coefficient (Wildman–Crippen LogP) is 8.79. The van der Waals surface area contributed by atoms with Crippen molar-refractivity contribution in [1.29, 1.82) is 0 Å². The molecule has 3 aliphatic heterocycles. The van der Waals surface area contributed by atoms with E-state index in [-0.39, 0.29) is 18.1 Å². The average molecular weight is 620 g/mol. The summed E-state index contributed by atoms with van der Waals surface area (Å²) in [6.45, 7) is 0. The first-order valence-electron chi connectivity index (χ1n) is 16.8. The molecule has 0 radical (unpaired) electrons. The molecule has 4 atom stereocenters. The third-order valence-corrected chi connectivity index (χ3v) is 10.3. The molecule has 10 rings (SSSR count).